The second kappa shape index (κ2) is 8.84. The third-order valence-electron chi connectivity index (χ3n) is 3.57. The van der Waals surface area contributed by atoms with E-state index in [0.717, 1.165) is 5.69 Å². The largest absolute Gasteiger partial charge is 0.462 e. The summed E-state index contributed by atoms with van der Waals surface area (Å²) in [5.41, 5.74) is 7.77. The molecule has 0 aliphatic carbocycles. The van der Waals surface area contributed by atoms with Crippen molar-refractivity contribution in [1.82, 2.24) is 9.97 Å². The van der Waals surface area contributed by atoms with E-state index in [1.54, 1.807) is 31.2 Å². The van der Waals surface area contributed by atoms with Crippen LogP contribution in [0.2, 0.25) is 0 Å². The van der Waals surface area contributed by atoms with Gasteiger partial charge in [-0.25, -0.2) is 14.8 Å². The molecule has 0 atom stereocenters. The Bertz CT molecular complexity index is 706. The van der Waals surface area contributed by atoms with Gasteiger partial charge in [0.2, 0.25) is 0 Å². The van der Waals surface area contributed by atoms with E-state index in [1.807, 2.05) is 11.8 Å². The third kappa shape index (κ3) is 4.57. The summed E-state index contributed by atoms with van der Waals surface area (Å²) in [6, 6.07) is 6.84. The summed E-state index contributed by atoms with van der Waals surface area (Å²) in [6.45, 7) is 5.16. The second-order valence-electron chi connectivity index (χ2n) is 5.19. The Morgan fingerprint density at radius 1 is 1.28 bits per heavy atom. The molecular weight excluding hydrogens is 322 g/mol. The summed E-state index contributed by atoms with van der Waals surface area (Å²) in [5.74, 6) is 0.669. The molecule has 8 heteroatoms. The molecule has 2 aromatic rings. The first kappa shape index (κ1) is 18.5. The number of rotatable bonds is 8. The van der Waals surface area contributed by atoms with Gasteiger partial charge in [0.25, 0.3) is 0 Å². The minimum Gasteiger partial charge on any atom is -0.462 e. The summed E-state index contributed by atoms with van der Waals surface area (Å²) >= 11 is 0. The number of ether oxygens (including phenoxy) is 1. The van der Waals surface area contributed by atoms with Gasteiger partial charge in [-0.3, -0.25) is 0 Å². The van der Waals surface area contributed by atoms with Gasteiger partial charge in [0, 0.05) is 18.8 Å². The Labute approximate surface area is 146 Å². The van der Waals surface area contributed by atoms with E-state index in [2.05, 4.69) is 15.3 Å². The monoisotopic (exact) mass is 345 g/mol. The SMILES string of the molecule is CCOC(=O)c1ccc(Nc2ncnc(N(CC)CCO)c2N)cc1. The highest BCUT2D eigenvalue weighted by molar-refractivity contribution is 5.90. The van der Waals surface area contributed by atoms with Crippen LogP contribution in [0.5, 0.6) is 0 Å². The van der Waals surface area contributed by atoms with Gasteiger partial charge < -0.3 is 25.8 Å². The van der Waals surface area contributed by atoms with Crippen molar-refractivity contribution in [2.75, 3.05) is 42.3 Å². The van der Waals surface area contributed by atoms with Crippen molar-refractivity contribution in [2.24, 2.45) is 0 Å². The first-order valence-electron chi connectivity index (χ1n) is 8.11. The lowest BCUT2D eigenvalue weighted by atomic mass is 10.2. The van der Waals surface area contributed by atoms with Gasteiger partial charge in [-0.15, -0.1) is 0 Å². The average Bonchev–Trinajstić information content (AvgIpc) is 2.62. The van der Waals surface area contributed by atoms with Gasteiger partial charge in [-0.1, -0.05) is 0 Å². The number of carbonyl (C=O) groups is 1. The molecule has 0 aliphatic rings. The van der Waals surface area contributed by atoms with Crippen LogP contribution in [0, 0.1) is 0 Å². The van der Waals surface area contributed by atoms with Crippen LogP contribution in [0.1, 0.15) is 24.2 Å². The fraction of sp³-hybridized carbons (Fsp3) is 0.353. The highest BCUT2D eigenvalue weighted by Crippen LogP contribution is 2.28. The molecule has 0 spiro atoms. The number of nitrogens with two attached hydrogens (primary N) is 1. The molecule has 134 valence electrons. The van der Waals surface area contributed by atoms with E-state index in [-0.39, 0.29) is 12.6 Å². The van der Waals surface area contributed by atoms with Crippen LogP contribution in [0.3, 0.4) is 0 Å². The number of hydrogen-bond acceptors (Lipinski definition) is 8. The lowest BCUT2D eigenvalue weighted by Crippen LogP contribution is -2.28. The number of likely N-dealkylation sites (N-methyl/N-ethyl adjacent to an activating group) is 1. The maximum absolute atomic E-state index is 11.7. The first-order chi connectivity index (χ1) is 12.1. The zero-order chi connectivity index (χ0) is 18.2. The van der Waals surface area contributed by atoms with Crippen molar-refractivity contribution >= 4 is 29.0 Å². The number of anilines is 4. The van der Waals surface area contributed by atoms with Crippen LogP contribution in [-0.4, -0.2) is 47.3 Å². The minimum atomic E-state index is -0.361. The molecule has 0 saturated heterocycles. The Balaban J connectivity index is 2.19. The summed E-state index contributed by atoms with van der Waals surface area (Å²) in [6.07, 6.45) is 1.42. The average molecular weight is 345 g/mol. The number of aliphatic hydroxyl groups is 1. The third-order valence-corrected chi connectivity index (χ3v) is 3.57. The predicted molar refractivity (Wildman–Crippen MR) is 97.1 cm³/mol. The summed E-state index contributed by atoms with van der Waals surface area (Å²) < 4.78 is 4.96. The molecule has 0 amide bonds. The van der Waals surface area contributed by atoms with Crippen molar-refractivity contribution in [3.05, 3.63) is 36.2 Å². The van der Waals surface area contributed by atoms with E-state index in [4.69, 9.17) is 15.6 Å². The summed E-state index contributed by atoms with van der Waals surface area (Å²) in [5, 5.41) is 12.3. The Kier molecular flexibility index (Phi) is 6.53. The van der Waals surface area contributed by atoms with Gasteiger partial charge in [0.1, 0.15) is 12.0 Å². The summed E-state index contributed by atoms with van der Waals surface area (Å²) in [4.78, 5) is 21.9. The van der Waals surface area contributed by atoms with E-state index in [9.17, 15) is 4.79 Å². The maximum Gasteiger partial charge on any atom is 0.338 e. The van der Waals surface area contributed by atoms with Crippen molar-refractivity contribution in [3.63, 3.8) is 0 Å². The molecule has 0 radical (unpaired) electrons. The maximum atomic E-state index is 11.7. The molecular formula is C17H23N5O3. The Hall–Kier alpha value is -2.87. The van der Waals surface area contributed by atoms with E-state index < -0.39 is 0 Å². The molecule has 25 heavy (non-hydrogen) atoms. The molecule has 4 N–H and O–H groups in total. The Morgan fingerprint density at radius 3 is 2.60 bits per heavy atom. The number of hydrogen-bond donors (Lipinski definition) is 3. The molecule has 8 nitrogen and oxygen atoms in total. The van der Waals surface area contributed by atoms with Crippen molar-refractivity contribution in [2.45, 2.75) is 13.8 Å². The lowest BCUT2D eigenvalue weighted by molar-refractivity contribution is 0.0526. The molecule has 0 bridgehead atoms. The summed E-state index contributed by atoms with van der Waals surface area (Å²) in [7, 11) is 0. The highest BCUT2D eigenvalue weighted by Gasteiger charge is 2.14. The van der Waals surface area contributed by atoms with Gasteiger partial charge in [-0.2, -0.15) is 0 Å². The molecule has 0 saturated carbocycles. The van der Waals surface area contributed by atoms with E-state index >= 15 is 0 Å². The van der Waals surface area contributed by atoms with Gasteiger partial charge in [0.15, 0.2) is 11.6 Å². The quantitative estimate of drug-likeness (QED) is 0.621. The predicted octanol–water partition coefficient (Wildman–Crippen LogP) is 1.80. The molecule has 0 unspecified atom stereocenters. The molecule has 1 heterocycles. The standard InChI is InChI=1S/C17H23N5O3/c1-3-22(9-10-23)16-14(18)15(19-11-20-16)21-13-7-5-12(6-8-13)17(24)25-4-2/h5-8,11,23H,3-4,9-10,18H2,1-2H3,(H,19,20,21). The number of aromatic nitrogens is 2. The molecule has 2 rings (SSSR count). The van der Waals surface area contributed by atoms with E-state index in [1.165, 1.54) is 6.33 Å². The van der Waals surface area contributed by atoms with Crippen molar-refractivity contribution in [1.29, 1.82) is 0 Å². The number of nitrogen functional groups attached to an aromatic ring is 1. The van der Waals surface area contributed by atoms with Crippen molar-refractivity contribution in [3.8, 4) is 0 Å². The lowest BCUT2D eigenvalue weighted by Gasteiger charge is -2.23. The van der Waals surface area contributed by atoms with Crippen LogP contribution in [0.15, 0.2) is 30.6 Å². The van der Waals surface area contributed by atoms with Crippen LogP contribution < -0.4 is 16.0 Å². The van der Waals surface area contributed by atoms with Crippen LogP contribution in [0.4, 0.5) is 23.0 Å². The van der Waals surface area contributed by atoms with Gasteiger partial charge in [-0.05, 0) is 38.1 Å². The number of esters is 1. The molecule has 1 aromatic heterocycles. The minimum absolute atomic E-state index is 0.00929. The number of nitrogens with zero attached hydrogens (tertiary/aromatic N) is 3. The number of aliphatic hydroxyl groups excluding tert-OH is 1. The van der Waals surface area contributed by atoms with E-state index in [0.29, 0.717) is 42.6 Å². The molecule has 0 fully saturated rings. The smallest absolute Gasteiger partial charge is 0.338 e. The zero-order valence-corrected chi connectivity index (χ0v) is 14.4. The van der Waals surface area contributed by atoms with Crippen LogP contribution >= 0.6 is 0 Å². The first-order valence-corrected chi connectivity index (χ1v) is 8.11. The molecule has 0 aliphatic heterocycles. The number of benzene rings is 1. The highest BCUT2D eigenvalue weighted by atomic mass is 16.5. The molecule has 1 aromatic carbocycles. The fourth-order valence-corrected chi connectivity index (χ4v) is 2.31. The van der Waals surface area contributed by atoms with Gasteiger partial charge >= 0.3 is 5.97 Å². The Morgan fingerprint density at radius 2 is 2.00 bits per heavy atom. The number of nitrogens with one attached hydrogen (secondary N) is 1. The van der Waals surface area contributed by atoms with Crippen LogP contribution in [0.25, 0.3) is 0 Å². The van der Waals surface area contributed by atoms with Crippen LogP contribution in [-0.2, 0) is 4.74 Å². The second-order valence-corrected chi connectivity index (χ2v) is 5.19. The zero-order valence-electron chi connectivity index (χ0n) is 14.4. The van der Waals surface area contributed by atoms with Gasteiger partial charge in [0.05, 0.1) is 18.8 Å². The topological polar surface area (TPSA) is 114 Å². The normalized spacial score (nSPS) is 10.4. The van der Waals surface area contributed by atoms with Crippen molar-refractivity contribution < 1.29 is 14.6 Å². The number of carbonyl (C=O) groups excluding carboxylic acids is 1. The fourth-order valence-electron chi connectivity index (χ4n) is 2.31.